The number of furan rings is 1. The van der Waals surface area contributed by atoms with Crippen LogP contribution in [0, 0.1) is 0 Å². The molecule has 21 heavy (non-hydrogen) atoms. The Labute approximate surface area is 122 Å². The first-order valence-corrected chi connectivity index (χ1v) is 7.20. The number of aryl methyl sites for hydroxylation is 1. The minimum Gasteiger partial charge on any atom is -0.469 e. The molecule has 1 aliphatic carbocycles. The van der Waals surface area contributed by atoms with Crippen molar-refractivity contribution in [3.05, 3.63) is 60.3 Å². The van der Waals surface area contributed by atoms with Crippen molar-refractivity contribution in [3.63, 3.8) is 0 Å². The van der Waals surface area contributed by atoms with Crippen LogP contribution in [-0.4, -0.2) is 15.0 Å². The summed E-state index contributed by atoms with van der Waals surface area (Å²) in [6, 6.07) is 10.5. The highest BCUT2D eigenvalue weighted by atomic mass is 16.3. The molecular formula is C16H16N4O. The Bertz CT molecular complexity index is 732. The van der Waals surface area contributed by atoms with E-state index in [-0.39, 0.29) is 6.04 Å². The van der Waals surface area contributed by atoms with Crippen LogP contribution in [0.25, 0.3) is 5.69 Å². The van der Waals surface area contributed by atoms with Gasteiger partial charge in [0.25, 0.3) is 0 Å². The monoisotopic (exact) mass is 280 g/mol. The first kappa shape index (κ1) is 12.2. The average molecular weight is 280 g/mol. The van der Waals surface area contributed by atoms with Gasteiger partial charge in [0, 0.05) is 12.0 Å². The van der Waals surface area contributed by atoms with Gasteiger partial charge in [-0.15, -0.1) is 5.10 Å². The van der Waals surface area contributed by atoms with Crippen LogP contribution in [0.1, 0.15) is 30.2 Å². The zero-order chi connectivity index (χ0) is 14.1. The van der Waals surface area contributed by atoms with Crippen molar-refractivity contribution in [1.29, 1.82) is 0 Å². The van der Waals surface area contributed by atoms with E-state index in [4.69, 9.17) is 4.42 Å². The van der Waals surface area contributed by atoms with Gasteiger partial charge in [0.05, 0.1) is 36.1 Å². The number of para-hydroxylation sites is 2. The molecule has 0 radical (unpaired) electrons. The van der Waals surface area contributed by atoms with Crippen molar-refractivity contribution in [2.45, 2.75) is 25.3 Å². The van der Waals surface area contributed by atoms with E-state index in [0.29, 0.717) is 0 Å². The van der Waals surface area contributed by atoms with E-state index < -0.39 is 0 Å². The molecule has 4 rings (SSSR count). The molecule has 2 heterocycles. The van der Waals surface area contributed by atoms with Crippen LogP contribution in [0.4, 0.5) is 5.69 Å². The fourth-order valence-corrected chi connectivity index (χ4v) is 2.96. The van der Waals surface area contributed by atoms with Crippen LogP contribution in [0.15, 0.2) is 53.4 Å². The Morgan fingerprint density at radius 2 is 2.19 bits per heavy atom. The molecule has 1 aliphatic rings. The van der Waals surface area contributed by atoms with E-state index in [1.54, 1.807) is 17.1 Å². The molecule has 1 atom stereocenters. The van der Waals surface area contributed by atoms with Gasteiger partial charge in [-0.2, -0.15) is 0 Å². The van der Waals surface area contributed by atoms with Gasteiger partial charge in [-0.25, -0.2) is 4.68 Å². The van der Waals surface area contributed by atoms with Crippen molar-refractivity contribution >= 4 is 5.69 Å². The molecule has 1 unspecified atom stereocenters. The molecule has 0 spiro atoms. The van der Waals surface area contributed by atoms with Gasteiger partial charge in [0.2, 0.25) is 0 Å². The van der Waals surface area contributed by atoms with Gasteiger partial charge in [0.1, 0.15) is 5.76 Å². The van der Waals surface area contributed by atoms with Gasteiger partial charge in [-0.05, 0) is 31.0 Å². The molecule has 0 saturated carbocycles. The maximum absolute atomic E-state index is 5.56. The second-order valence-electron chi connectivity index (χ2n) is 5.25. The Balaban J connectivity index is 1.68. The molecule has 3 aromatic rings. The van der Waals surface area contributed by atoms with Gasteiger partial charge < -0.3 is 9.73 Å². The second-order valence-corrected chi connectivity index (χ2v) is 5.25. The van der Waals surface area contributed by atoms with Crippen LogP contribution in [0.5, 0.6) is 0 Å². The predicted molar refractivity (Wildman–Crippen MR) is 79.4 cm³/mol. The van der Waals surface area contributed by atoms with Gasteiger partial charge in [-0.1, -0.05) is 17.3 Å². The minimum atomic E-state index is 0.289. The summed E-state index contributed by atoms with van der Waals surface area (Å²) in [5.41, 5.74) is 3.34. The summed E-state index contributed by atoms with van der Waals surface area (Å²) in [6.45, 7) is 0. The third kappa shape index (κ3) is 2.20. The second kappa shape index (κ2) is 5.09. The van der Waals surface area contributed by atoms with Crippen LogP contribution in [0.2, 0.25) is 0 Å². The zero-order valence-corrected chi connectivity index (χ0v) is 11.6. The van der Waals surface area contributed by atoms with Gasteiger partial charge >= 0.3 is 0 Å². The fourth-order valence-electron chi connectivity index (χ4n) is 2.96. The lowest BCUT2D eigenvalue weighted by Crippen LogP contribution is -2.17. The summed E-state index contributed by atoms with van der Waals surface area (Å²) in [5.74, 6) is 1.11. The number of hydrogen-bond acceptors (Lipinski definition) is 4. The molecule has 5 heteroatoms. The molecule has 1 N–H and O–H groups in total. The summed E-state index contributed by atoms with van der Waals surface area (Å²) in [7, 11) is 0. The third-order valence-corrected chi connectivity index (χ3v) is 3.96. The fraction of sp³-hybridized carbons (Fsp3) is 0.250. The Kier molecular flexibility index (Phi) is 2.96. The Hall–Kier alpha value is -2.56. The van der Waals surface area contributed by atoms with E-state index in [1.165, 1.54) is 5.56 Å². The molecule has 0 saturated heterocycles. The molecule has 2 aromatic heterocycles. The van der Waals surface area contributed by atoms with E-state index >= 15 is 0 Å². The lowest BCUT2D eigenvalue weighted by atomic mass is 9.93. The lowest BCUT2D eigenvalue weighted by molar-refractivity contribution is 0.461. The van der Waals surface area contributed by atoms with Crippen molar-refractivity contribution in [3.8, 4) is 5.69 Å². The Morgan fingerprint density at radius 1 is 1.24 bits per heavy atom. The number of fused-ring (bicyclic) bond motifs is 1. The predicted octanol–water partition coefficient (Wildman–Crippen LogP) is 3.35. The van der Waals surface area contributed by atoms with Gasteiger partial charge in [0.15, 0.2) is 0 Å². The molecular weight excluding hydrogens is 264 g/mol. The topological polar surface area (TPSA) is 55.9 Å². The Morgan fingerprint density at radius 3 is 3.10 bits per heavy atom. The highest BCUT2D eigenvalue weighted by molar-refractivity contribution is 5.61. The summed E-state index contributed by atoms with van der Waals surface area (Å²) in [4.78, 5) is 0. The smallest absolute Gasteiger partial charge is 0.109 e. The normalized spacial score (nSPS) is 17.4. The third-order valence-electron chi connectivity index (χ3n) is 3.96. The highest BCUT2D eigenvalue weighted by Crippen LogP contribution is 2.34. The lowest BCUT2D eigenvalue weighted by Gasteiger charge is -2.24. The van der Waals surface area contributed by atoms with Crippen molar-refractivity contribution < 1.29 is 4.42 Å². The number of anilines is 1. The molecule has 5 nitrogen and oxygen atoms in total. The zero-order valence-electron chi connectivity index (χ0n) is 11.6. The number of aromatic nitrogens is 3. The quantitative estimate of drug-likeness (QED) is 0.799. The number of hydrogen-bond donors (Lipinski definition) is 1. The summed E-state index contributed by atoms with van der Waals surface area (Å²) < 4.78 is 7.34. The molecule has 106 valence electrons. The van der Waals surface area contributed by atoms with Crippen molar-refractivity contribution in [1.82, 2.24) is 15.0 Å². The average Bonchev–Trinajstić information content (AvgIpc) is 3.20. The van der Waals surface area contributed by atoms with E-state index in [1.807, 2.05) is 24.4 Å². The van der Waals surface area contributed by atoms with Crippen molar-refractivity contribution in [2.24, 2.45) is 0 Å². The first-order valence-electron chi connectivity index (χ1n) is 7.20. The van der Waals surface area contributed by atoms with E-state index in [0.717, 1.165) is 36.4 Å². The van der Waals surface area contributed by atoms with Crippen LogP contribution < -0.4 is 5.32 Å². The number of nitrogens with one attached hydrogen (secondary N) is 1. The SMILES string of the molecule is c1ccc(-n2ccnn2)c(NC2CCCc3occc32)c1. The first-order chi connectivity index (χ1) is 10.4. The maximum Gasteiger partial charge on any atom is 0.109 e. The molecule has 0 fully saturated rings. The van der Waals surface area contributed by atoms with Gasteiger partial charge in [-0.3, -0.25) is 0 Å². The maximum atomic E-state index is 5.56. The molecule has 0 aliphatic heterocycles. The summed E-state index contributed by atoms with van der Waals surface area (Å²) >= 11 is 0. The standard InChI is InChI=1S/C16H16N4O/c1-2-6-15(20-10-9-17-19-20)14(4-1)18-13-5-3-7-16-12(13)8-11-21-16/h1-2,4,6,8-11,13,18H,3,5,7H2. The molecule has 0 amide bonds. The van der Waals surface area contributed by atoms with E-state index in [9.17, 15) is 0 Å². The largest absolute Gasteiger partial charge is 0.469 e. The van der Waals surface area contributed by atoms with E-state index in [2.05, 4.69) is 27.8 Å². The highest BCUT2D eigenvalue weighted by Gasteiger charge is 2.23. The minimum absolute atomic E-state index is 0.289. The van der Waals surface area contributed by atoms with Crippen LogP contribution in [0.3, 0.4) is 0 Å². The molecule has 1 aromatic carbocycles. The summed E-state index contributed by atoms with van der Waals surface area (Å²) in [5, 5.41) is 11.6. The number of benzene rings is 1. The van der Waals surface area contributed by atoms with Crippen LogP contribution in [-0.2, 0) is 6.42 Å². The molecule has 0 bridgehead atoms. The number of nitrogens with zero attached hydrogens (tertiary/aromatic N) is 3. The number of rotatable bonds is 3. The van der Waals surface area contributed by atoms with Crippen LogP contribution >= 0.6 is 0 Å². The summed E-state index contributed by atoms with van der Waals surface area (Å²) in [6.07, 6.45) is 8.61. The van der Waals surface area contributed by atoms with Crippen molar-refractivity contribution in [2.75, 3.05) is 5.32 Å².